The number of benzene rings is 1. The first kappa shape index (κ1) is 13.1. The molecule has 0 aliphatic heterocycles. The highest BCUT2D eigenvalue weighted by molar-refractivity contribution is 7.46. The maximum atomic E-state index is 10.7. The summed E-state index contributed by atoms with van der Waals surface area (Å²) in [5.74, 6) is -2.29. The zero-order chi connectivity index (χ0) is 13.2. The molecule has 0 heterocycles. The molecule has 3 N–H and O–H groups in total. The summed E-state index contributed by atoms with van der Waals surface area (Å²) in [5.41, 5.74) is -1.13. The first-order valence-corrected chi connectivity index (χ1v) is 5.50. The molecule has 0 atom stereocenters. The van der Waals surface area contributed by atoms with E-state index in [0.717, 1.165) is 12.1 Å². The number of phosphoric acid groups is 1. The minimum Gasteiger partial charge on any atom is -0.478 e. The van der Waals surface area contributed by atoms with Crippen LogP contribution in [-0.4, -0.2) is 25.8 Å². The lowest BCUT2D eigenvalue weighted by Gasteiger charge is -2.08. The third-order valence-electron chi connectivity index (χ3n) is 1.62. The molecule has 1 aromatic carbocycles. The molecule has 0 aliphatic rings. The fraction of sp³-hybridized carbons (Fsp3) is 0. The van der Waals surface area contributed by atoms with Crippen LogP contribution in [0.1, 0.15) is 10.4 Å². The third kappa shape index (κ3) is 3.52. The van der Waals surface area contributed by atoms with E-state index in [1.54, 1.807) is 0 Å². The van der Waals surface area contributed by atoms with Crippen molar-refractivity contribution < 1.29 is 33.7 Å². The van der Waals surface area contributed by atoms with Crippen LogP contribution in [-0.2, 0) is 4.57 Å². The third-order valence-corrected chi connectivity index (χ3v) is 2.06. The Labute approximate surface area is 93.7 Å². The van der Waals surface area contributed by atoms with E-state index < -0.39 is 35.7 Å². The van der Waals surface area contributed by atoms with Gasteiger partial charge in [-0.2, -0.15) is 0 Å². The maximum Gasteiger partial charge on any atom is 0.524 e. The van der Waals surface area contributed by atoms with Gasteiger partial charge in [-0.25, -0.2) is 9.36 Å². The molecule has 0 radical (unpaired) electrons. The van der Waals surface area contributed by atoms with Crippen molar-refractivity contribution in [3.63, 3.8) is 0 Å². The van der Waals surface area contributed by atoms with Crippen molar-refractivity contribution >= 4 is 19.5 Å². The van der Waals surface area contributed by atoms with Gasteiger partial charge in [0.25, 0.3) is 5.69 Å². The first-order chi connectivity index (χ1) is 7.70. The zero-order valence-electron chi connectivity index (χ0n) is 8.01. The highest BCUT2D eigenvalue weighted by Gasteiger charge is 2.23. The number of carboxylic acids is 1. The lowest BCUT2D eigenvalue weighted by atomic mass is 10.2. The van der Waals surface area contributed by atoms with E-state index in [2.05, 4.69) is 4.52 Å². The number of hydrogen-bond donors (Lipinski definition) is 3. The zero-order valence-corrected chi connectivity index (χ0v) is 8.90. The van der Waals surface area contributed by atoms with E-state index in [0.29, 0.717) is 6.07 Å². The van der Waals surface area contributed by atoms with Crippen LogP contribution in [0.15, 0.2) is 18.2 Å². The SMILES string of the molecule is O=C(O)c1ccc([N+](=O)[O-])cc1OP(=O)(O)O. The standard InChI is InChI=1S/C7H6NO8P/c9-7(10)5-2-1-4(8(11)12)3-6(5)16-17(13,14)15/h1-3H,(H,9,10)(H2,13,14,15). The number of rotatable bonds is 4. The number of nitrogens with zero attached hydrogens (tertiary/aromatic N) is 1. The number of phosphoric ester groups is 1. The molecule has 0 bridgehead atoms. The second-order valence-corrected chi connectivity index (χ2v) is 3.99. The number of nitro groups is 1. The molecule has 17 heavy (non-hydrogen) atoms. The summed E-state index contributed by atoms with van der Waals surface area (Å²) >= 11 is 0. The van der Waals surface area contributed by atoms with E-state index in [-0.39, 0.29) is 0 Å². The lowest BCUT2D eigenvalue weighted by Crippen LogP contribution is -2.02. The number of aromatic carboxylic acids is 1. The molecule has 0 aromatic heterocycles. The van der Waals surface area contributed by atoms with Crippen molar-refractivity contribution in [3.05, 3.63) is 33.9 Å². The number of hydrogen-bond acceptors (Lipinski definition) is 5. The quantitative estimate of drug-likeness (QED) is 0.409. The van der Waals surface area contributed by atoms with Crippen molar-refractivity contribution in [2.75, 3.05) is 0 Å². The Morgan fingerprint density at radius 1 is 1.41 bits per heavy atom. The molecule has 0 fully saturated rings. The van der Waals surface area contributed by atoms with E-state index in [4.69, 9.17) is 14.9 Å². The van der Waals surface area contributed by atoms with E-state index >= 15 is 0 Å². The van der Waals surface area contributed by atoms with Crippen LogP contribution in [0.5, 0.6) is 5.75 Å². The van der Waals surface area contributed by atoms with Crippen LogP contribution in [0.3, 0.4) is 0 Å². The predicted molar refractivity (Wildman–Crippen MR) is 52.7 cm³/mol. The molecule has 0 unspecified atom stereocenters. The highest BCUT2D eigenvalue weighted by atomic mass is 31.2. The van der Waals surface area contributed by atoms with E-state index in [1.807, 2.05) is 0 Å². The average molecular weight is 263 g/mol. The van der Waals surface area contributed by atoms with Crippen molar-refractivity contribution in [1.82, 2.24) is 0 Å². The van der Waals surface area contributed by atoms with Crippen LogP contribution < -0.4 is 4.52 Å². The van der Waals surface area contributed by atoms with Crippen LogP contribution in [0, 0.1) is 10.1 Å². The van der Waals surface area contributed by atoms with Crippen LogP contribution in [0.2, 0.25) is 0 Å². The summed E-state index contributed by atoms with van der Waals surface area (Å²) in [6.07, 6.45) is 0. The molecule has 0 amide bonds. The molecule has 0 spiro atoms. The summed E-state index contributed by atoms with van der Waals surface area (Å²) in [7, 11) is -4.99. The lowest BCUT2D eigenvalue weighted by molar-refractivity contribution is -0.384. The Hall–Kier alpha value is -1.96. The van der Waals surface area contributed by atoms with Crippen molar-refractivity contribution in [2.45, 2.75) is 0 Å². The van der Waals surface area contributed by atoms with Crippen molar-refractivity contribution in [2.24, 2.45) is 0 Å². The smallest absolute Gasteiger partial charge is 0.478 e. The Balaban J connectivity index is 3.30. The van der Waals surface area contributed by atoms with Gasteiger partial charge in [-0.05, 0) is 6.07 Å². The Bertz CT molecular complexity index is 521. The normalized spacial score (nSPS) is 10.9. The molecule has 0 saturated carbocycles. The molecule has 9 nitrogen and oxygen atoms in total. The summed E-state index contributed by atoms with van der Waals surface area (Å²) < 4.78 is 14.6. The Morgan fingerprint density at radius 3 is 2.41 bits per heavy atom. The van der Waals surface area contributed by atoms with Gasteiger partial charge in [0, 0.05) is 6.07 Å². The molecule has 0 aliphatic carbocycles. The molecule has 0 saturated heterocycles. The van der Waals surface area contributed by atoms with Gasteiger partial charge < -0.3 is 9.63 Å². The molecule has 92 valence electrons. The van der Waals surface area contributed by atoms with Crippen molar-refractivity contribution in [1.29, 1.82) is 0 Å². The minimum absolute atomic E-state index is 0.543. The Kier molecular flexibility index (Phi) is 3.47. The van der Waals surface area contributed by atoms with Gasteiger partial charge in [0.1, 0.15) is 5.56 Å². The maximum absolute atomic E-state index is 10.7. The van der Waals surface area contributed by atoms with Gasteiger partial charge in [0.2, 0.25) is 0 Å². The number of nitro benzene ring substituents is 1. The fourth-order valence-corrected chi connectivity index (χ4v) is 1.41. The first-order valence-electron chi connectivity index (χ1n) is 3.97. The summed E-state index contributed by atoms with van der Waals surface area (Å²) in [6.45, 7) is 0. The largest absolute Gasteiger partial charge is 0.524 e. The number of carboxylic acid groups (broad SMARTS) is 1. The van der Waals surface area contributed by atoms with Crippen LogP contribution in [0.4, 0.5) is 5.69 Å². The van der Waals surface area contributed by atoms with Gasteiger partial charge >= 0.3 is 13.8 Å². The molecule has 1 aromatic rings. The summed E-state index contributed by atoms with van der Waals surface area (Å²) in [5, 5.41) is 19.1. The fourth-order valence-electron chi connectivity index (χ4n) is 1.00. The molecular weight excluding hydrogens is 257 g/mol. The monoisotopic (exact) mass is 263 g/mol. The minimum atomic E-state index is -4.99. The number of non-ortho nitro benzene ring substituents is 1. The number of carbonyl (C=O) groups is 1. The Morgan fingerprint density at radius 2 is 2.00 bits per heavy atom. The van der Waals surface area contributed by atoms with Gasteiger partial charge in [-0.15, -0.1) is 0 Å². The van der Waals surface area contributed by atoms with Crippen LogP contribution >= 0.6 is 7.82 Å². The summed E-state index contributed by atoms with van der Waals surface area (Å²) in [4.78, 5) is 37.3. The van der Waals surface area contributed by atoms with Gasteiger partial charge in [0.15, 0.2) is 5.75 Å². The average Bonchev–Trinajstić information content (AvgIpc) is 2.14. The van der Waals surface area contributed by atoms with Gasteiger partial charge in [-0.3, -0.25) is 19.9 Å². The van der Waals surface area contributed by atoms with E-state index in [9.17, 15) is 19.5 Å². The van der Waals surface area contributed by atoms with Gasteiger partial charge in [-0.1, -0.05) is 0 Å². The second kappa shape index (κ2) is 4.50. The van der Waals surface area contributed by atoms with Crippen molar-refractivity contribution in [3.8, 4) is 5.75 Å². The highest BCUT2D eigenvalue weighted by Crippen LogP contribution is 2.40. The molecule has 1 rings (SSSR count). The molecule has 10 heteroatoms. The van der Waals surface area contributed by atoms with Crippen LogP contribution in [0.25, 0.3) is 0 Å². The second-order valence-electron chi connectivity index (χ2n) is 2.82. The molecular formula is C7H6NO8P. The summed E-state index contributed by atoms with van der Waals surface area (Å²) in [6, 6.07) is 2.34. The van der Waals surface area contributed by atoms with Gasteiger partial charge in [0.05, 0.1) is 11.0 Å². The predicted octanol–water partition coefficient (Wildman–Crippen LogP) is 0.764. The topological polar surface area (TPSA) is 147 Å². The van der Waals surface area contributed by atoms with E-state index in [1.165, 1.54) is 0 Å².